The molecule has 0 unspecified atom stereocenters. The molecule has 1 amide bonds. The van der Waals surface area contributed by atoms with Crippen LogP contribution in [0.1, 0.15) is 58.1 Å². The van der Waals surface area contributed by atoms with Crippen LogP contribution in [-0.4, -0.2) is 51.5 Å². The number of hydrogen-bond donors (Lipinski definition) is 1. The van der Waals surface area contributed by atoms with E-state index in [-0.39, 0.29) is 17.2 Å². The molecule has 1 aromatic carbocycles. The third-order valence-corrected chi connectivity index (χ3v) is 9.44. The molecule has 4 heterocycles. The first-order valence-corrected chi connectivity index (χ1v) is 15.1. The third kappa shape index (κ3) is 5.04. The quantitative estimate of drug-likeness (QED) is 0.251. The van der Waals surface area contributed by atoms with Crippen LogP contribution >= 0.6 is 23.1 Å². The highest BCUT2D eigenvalue weighted by molar-refractivity contribution is 7.98. The fourth-order valence-corrected chi connectivity index (χ4v) is 7.50. The number of oxazole rings is 1. The highest BCUT2D eigenvalue weighted by Crippen LogP contribution is 2.36. The predicted molar refractivity (Wildman–Crippen MR) is 151 cm³/mol. The molecule has 38 heavy (non-hydrogen) atoms. The first-order chi connectivity index (χ1) is 18.6. The van der Waals surface area contributed by atoms with Crippen molar-refractivity contribution >= 4 is 39.2 Å². The monoisotopic (exact) mass is 549 g/mol. The average molecular weight is 550 g/mol. The van der Waals surface area contributed by atoms with Crippen molar-refractivity contribution in [3.05, 3.63) is 68.5 Å². The predicted octanol–water partition coefficient (Wildman–Crippen LogP) is 4.74. The Hall–Kier alpha value is -2.95. The van der Waals surface area contributed by atoms with Crippen molar-refractivity contribution < 1.29 is 9.21 Å². The van der Waals surface area contributed by atoms with Gasteiger partial charge in [0, 0.05) is 18.0 Å². The highest BCUT2D eigenvalue weighted by Gasteiger charge is 2.24. The number of hydrogen-bond acceptors (Lipinski definition) is 8. The number of rotatable bonds is 8. The maximum atomic E-state index is 14.0. The van der Waals surface area contributed by atoms with Crippen LogP contribution in [0.25, 0.3) is 15.9 Å². The van der Waals surface area contributed by atoms with Crippen molar-refractivity contribution in [2.24, 2.45) is 0 Å². The number of para-hydroxylation sites is 1. The molecular weight excluding hydrogens is 518 g/mol. The molecule has 1 N–H and O–H groups in total. The number of amides is 1. The number of benzene rings is 1. The number of thiophene rings is 1. The van der Waals surface area contributed by atoms with Crippen LogP contribution < -0.4 is 10.9 Å². The molecule has 6 rings (SSSR count). The molecule has 0 saturated carbocycles. The van der Waals surface area contributed by atoms with E-state index in [4.69, 9.17) is 9.40 Å². The van der Waals surface area contributed by atoms with E-state index in [0.717, 1.165) is 66.8 Å². The smallest absolute Gasteiger partial charge is 0.273 e. The van der Waals surface area contributed by atoms with Crippen LogP contribution in [0.2, 0.25) is 0 Å². The van der Waals surface area contributed by atoms with E-state index in [1.807, 2.05) is 31.2 Å². The van der Waals surface area contributed by atoms with E-state index < -0.39 is 0 Å². The number of nitrogens with zero attached hydrogens (tertiary/aromatic N) is 4. The fraction of sp³-hybridized carbons (Fsp3) is 0.429. The Morgan fingerprint density at radius 3 is 2.79 bits per heavy atom. The summed E-state index contributed by atoms with van der Waals surface area (Å²) in [5.74, 6) is 0.552. The molecule has 0 radical (unpaired) electrons. The van der Waals surface area contributed by atoms with Crippen molar-refractivity contribution in [3.8, 4) is 5.69 Å². The SMILES string of the molecule is Cc1ccccc1-n1c(SCc2nc(C(=O)NCCN3CCCC3)co2)nc2sc3c(c2c1=O)CCCC3. The zero-order valence-corrected chi connectivity index (χ0v) is 23.1. The second-order valence-corrected chi connectivity index (χ2v) is 12.0. The summed E-state index contributed by atoms with van der Waals surface area (Å²) in [5.41, 5.74) is 3.27. The minimum Gasteiger partial charge on any atom is -0.447 e. The molecule has 1 fully saturated rings. The summed E-state index contributed by atoms with van der Waals surface area (Å²) < 4.78 is 7.36. The number of fused-ring (bicyclic) bond motifs is 3. The molecule has 0 bridgehead atoms. The zero-order valence-electron chi connectivity index (χ0n) is 21.5. The number of aromatic nitrogens is 3. The zero-order chi connectivity index (χ0) is 26.1. The largest absolute Gasteiger partial charge is 0.447 e. The summed E-state index contributed by atoms with van der Waals surface area (Å²) in [6.07, 6.45) is 8.08. The van der Waals surface area contributed by atoms with Crippen molar-refractivity contribution in [1.29, 1.82) is 0 Å². The third-order valence-electron chi connectivity index (χ3n) is 7.34. The van der Waals surface area contributed by atoms with Gasteiger partial charge in [-0.3, -0.25) is 14.2 Å². The van der Waals surface area contributed by atoms with E-state index in [9.17, 15) is 9.59 Å². The lowest BCUT2D eigenvalue weighted by Crippen LogP contribution is -2.33. The van der Waals surface area contributed by atoms with E-state index in [2.05, 4.69) is 15.2 Å². The standard InChI is InChI=1S/C28H31N5O3S2/c1-18-8-2-4-10-21(18)33-27(35)24-19-9-3-5-11-22(19)38-26(24)31-28(33)37-17-23-30-20(16-36-23)25(34)29-12-15-32-13-6-7-14-32/h2,4,8,10,16H,3,5-7,9,11-15,17H2,1H3,(H,29,34). The van der Waals surface area contributed by atoms with E-state index in [0.29, 0.717) is 23.3 Å². The molecule has 0 spiro atoms. The molecule has 2 aliphatic rings. The van der Waals surface area contributed by atoms with Gasteiger partial charge in [0.05, 0.1) is 16.8 Å². The van der Waals surface area contributed by atoms with Crippen molar-refractivity contribution in [3.63, 3.8) is 0 Å². The number of carbonyl (C=O) groups is 1. The summed E-state index contributed by atoms with van der Waals surface area (Å²) >= 11 is 3.05. The summed E-state index contributed by atoms with van der Waals surface area (Å²) in [4.78, 5) is 40.4. The Balaban J connectivity index is 1.24. The Morgan fingerprint density at radius 2 is 1.95 bits per heavy atom. The number of aryl methyl sites for hydroxylation is 3. The maximum absolute atomic E-state index is 14.0. The van der Waals surface area contributed by atoms with Crippen LogP contribution in [0.3, 0.4) is 0 Å². The number of likely N-dealkylation sites (tertiary alicyclic amines) is 1. The molecule has 10 heteroatoms. The molecule has 1 aliphatic carbocycles. The van der Waals surface area contributed by atoms with E-state index in [1.54, 1.807) is 15.9 Å². The van der Waals surface area contributed by atoms with E-state index in [1.165, 1.54) is 41.3 Å². The molecular formula is C28H31N5O3S2. The molecule has 1 saturated heterocycles. The maximum Gasteiger partial charge on any atom is 0.273 e. The van der Waals surface area contributed by atoms with Crippen LogP contribution in [0.15, 0.2) is 44.9 Å². The van der Waals surface area contributed by atoms with Gasteiger partial charge in [0.1, 0.15) is 11.1 Å². The number of carbonyl (C=O) groups excluding carboxylic acids is 1. The normalized spacial score (nSPS) is 15.7. The molecule has 3 aromatic heterocycles. The van der Waals surface area contributed by atoms with Crippen LogP contribution in [0.5, 0.6) is 0 Å². The second kappa shape index (κ2) is 11.0. The summed E-state index contributed by atoms with van der Waals surface area (Å²) in [5, 5.41) is 4.30. The van der Waals surface area contributed by atoms with Gasteiger partial charge < -0.3 is 14.6 Å². The summed E-state index contributed by atoms with van der Waals surface area (Å²) in [7, 11) is 0. The second-order valence-electron chi connectivity index (χ2n) is 9.93. The van der Waals surface area contributed by atoms with Crippen molar-refractivity contribution in [2.75, 3.05) is 26.2 Å². The molecule has 8 nitrogen and oxygen atoms in total. The van der Waals surface area contributed by atoms with E-state index >= 15 is 0 Å². The lowest BCUT2D eigenvalue weighted by Gasteiger charge is -2.15. The first kappa shape index (κ1) is 25.3. The van der Waals surface area contributed by atoms with Gasteiger partial charge in [-0.1, -0.05) is 30.0 Å². The average Bonchev–Trinajstić information content (AvgIpc) is 3.68. The van der Waals surface area contributed by atoms with Crippen molar-refractivity contribution in [2.45, 2.75) is 56.4 Å². The summed E-state index contributed by atoms with van der Waals surface area (Å²) in [6, 6.07) is 7.88. The Labute approximate surface area is 229 Å². The van der Waals surface area contributed by atoms with Crippen LogP contribution in [0.4, 0.5) is 0 Å². The number of thioether (sulfide) groups is 1. The van der Waals surface area contributed by atoms with Crippen LogP contribution in [-0.2, 0) is 18.6 Å². The lowest BCUT2D eigenvalue weighted by molar-refractivity contribution is 0.0944. The fourth-order valence-electron chi connectivity index (χ4n) is 5.34. The minimum atomic E-state index is -0.232. The van der Waals surface area contributed by atoms with Gasteiger partial charge >= 0.3 is 0 Å². The molecule has 1 aliphatic heterocycles. The lowest BCUT2D eigenvalue weighted by atomic mass is 9.97. The van der Waals surface area contributed by atoms with Crippen molar-refractivity contribution in [1.82, 2.24) is 24.8 Å². The van der Waals surface area contributed by atoms with Crippen LogP contribution in [0, 0.1) is 6.92 Å². The minimum absolute atomic E-state index is 0.0170. The van der Waals surface area contributed by atoms with Gasteiger partial charge in [-0.05, 0) is 75.7 Å². The highest BCUT2D eigenvalue weighted by atomic mass is 32.2. The van der Waals surface area contributed by atoms with Gasteiger partial charge in [0.2, 0.25) is 5.89 Å². The van der Waals surface area contributed by atoms with Gasteiger partial charge in [0.15, 0.2) is 10.9 Å². The Kier molecular flexibility index (Phi) is 7.36. The summed E-state index contributed by atoms with van der Waals surface area (Å²) in [6.45, 7) is 5.65. The number of nitrogens with one attached hydrogen (secondary N) is 1. The Bertz CT molecular complexity index is 1530. The van der Waals surface area contributed by atoms with Gasteiger partial charge in [-0.2, -0.15) is 0 Å². The Morgan fingerprint density at radius 1 is 1.13 bits per heavy atom. The molecule has 198 valence electrons. The topological polar surface area (TPSA) is 93.3 Å². The van der Waals surface area contributed by atoms with Gasteiger partial charge in [0.25, 0.3) is 11.5 Å². The first-order valence-electron chi connectivity index (χ1n) is 13.3. The molecule has 4 aromatic rings. The molecule has 0 atom stereocenters. The van der Waals surface area contributed by atoms with Gasteiger partial charge in [-0.15, -0.1) is 11.3 Å². The van der Waals surface area contributed by atoms with Gasteiger partial charge in [-0.25, -0.2) is 9.97 Å².